The van der Waals surface area contributed by atoms with Gasteiger partial charge in [0, 0.05) is 10.2 Å². The van der Waals surface area contributed by atoms with Gasteiger partial charge in [-0.3, -0.25) is 9.59 Å². The Labute approximate surface area is 110 Å². The molecule has 2 rings (SSSR count). The van der Waals surface area contributed by atoms with Gasteiger partial charge in [-0.05, 0) is 35.0 Å². The molecule has 0 atom stereocenters. The molecule has 0 unspecified atom stereocenters. The lowest BCUT2D eigenvalue weighted by molar-refractivity contribution is 0.102. The predicted octanol–water partition coefficient (Wildman–Crippen LogP) is 2.76. The Balaban J connectivity index is 2.26. The lowest BCUT2D eigenvalue weighted by Crippen LogP contribution is -2.11. The van der Waals surface area contributed by atoms with E-state index in [1.54, 1.807) is 13.0 Å². The predicted molar refractivity (Wildman–Crippen MR) is 71.8 cm³/mol. The van der Waals surface area contributed by atoms with E-state index in [0.717, 1.165) is 15.8 Å². The minimum Gasteiger partial charge on any atom is -0.320 e. The molecule has 1 aromatic carbocycles. The smallest absolute Gasteiger partial charge is 0.305 e. The number of benzene rings is 1. The third-order valence-electron chi connectivity index (χ3n) is 2.15. The number of hydrogen-bond donors (Lipinski definition) is 2. The number of carbonyl (C=O) groups excluding carboxylic acids is 1. The number of rotatable bonds is 2. The van der Waals surface area contributed by atoms with Crippen molar-refractivity contribution >= 4 is 38.9 Å². The minimum absolute atomic E-state index is 0.222. The van der Waals surface area contributed by atoms with Crippen molar-refractivity contribution in [2.75, 3.05) is 5.32 Å². The molecule has 17 heavy (non-hydrogen) atoms. The first kappa shape index (κ1) is 12.1. The molecule has 1 heterocycles. The van der Waals surface area contributed by atoms with Crippen molar-refractivity contribution in [3.05, 3.63) is 49.0 Å². The summed E-state index contributed by atoms with van der Waals surface area (Å²) in [6, 6.07) is 7.31. The Morgan fingerprint density at radius 3 is 2.71 bits per heavy atom. The largest absolute Gasteiger partial charge is 0.320 e. The minimum atomic E-state index is -0.280. The van der Waals surface area contributed by atoms with Crippen LogP contribution in [0.25, 0.3) is 0 Å². The molecule has 0 bridgehead atoms. The molecule has 0 spiro atoms. The molecule has 0 aliphatic heterocycles. The van der Waals surface area contributed by atoms with Crippen LogP contribution in [0.1, 0.15) is 15.4 Å². The molecule has 0 fully saturated rings. The molecule has 1 aromatic heterocycles. The van der Waals surface area contributed by atoms with Gasteiger partial charge in [0.15, 0.2) is 0 Å². The number of aryl methyl sites for hydroxylation is 1. The van der Waals surface area contributed by atoms with Gasteiger partial charge in [0.2, 0.25) is 0 Å². The van der Waals surface area contributed by atoms with E-state index in [2.05, 4.69) is 26.2 Å². The summed E-state index contributed by atoms with van der Waals surface area (Å²) in [5.74, 6) is -0.280. The van der Waals surface area contributed by atoms with E-state index in [-0.39, 0.29) is 10.8 Å². The normalized spacial score (nSPS) is 10.2. The number of aromatic amines is 1. The molecule has 1 amide bonds. The molecule has 88 valence electrons. The van der Waals surface area contributed by atoms with Crippen molar-refractivity contribution < 1.29 is 4.79 Å². The molecule has 2 N–H and O–H groups in total. The molecular formula is C11H9BrN2O2S. The van der Waals surface area contributed by atoms with Crippen molar-refractivity contribution in [1.82, 2.24) is 4.98 Å². The maximum absolute atomic E-state index is 11.9. The molecule has 0 radical (unpaired) electrons. The fraction of sp³-hybridized carbons (Fsp3) is 0.0909. The number of thiazole rings is 1. The third kappa shape index (κ3) is 2.65. The van der Waals surface area contributed by atoms with Gasteiger partial charge in [0.05, 0.1) is 5.69 Å². The molecular weight excluding hydrogens is 304 g/mol. The highest BCUT2D eigenvalue weighted by atomic mass is 79.9. The van der Waals surface area contributed by atoms with Gasteiger partial charge in [-0.15, -0.1) is 0 Å². The van der Waals surface area contributed by atoms with Crippen LogP contribution >= 0.6 is 27.3 Å². The first-order valence-corrected chi connectivity index (χ1v) is 6.44. The first-order chi connectivity index (χ1) is 8.08. The lowest BCUT2D eigenvalue weighted by atomic mass is 10.3. The van der Waals surface area contributed by atoms with Gasteiger partial charge in [-0.25, -0.2) is 0 Å². The Morgan fingerprint density at radius 2 is 2.12 bits per heavy atom. The second-order valence-electron chi connectivity index (χ2n) is 3.40. The van der Waals surface area contributed by atoms with Gasteiger partial charge in [-0.1, -0.05) is 23.5 Å². The van der Waals surface area contributed by atoms with Crippen LogP contribution in [-0.4, -0.2) is 10.9 Å². The average Bonchev–Trinajstić information content (AvgIpc) is 2.61. The summed E-state index contributed by atoms with van der Waals surface area (Å²) in [6.45, 7) is 1.70. The molecule has 4 nitrogen and oxygen atoms in total. The average molecular weight is 313 g/mol. The van der Waals surface area contributed by atoms with E-state index in [4.69, 9.17) is 0 Å². The summed E-state index contributed by atoms with van der Waals surface area (Å²) in [5, 5.41) is 2.75. The summed E-state index contributed by atoms with van der Waals surface area (Å²) in [5.41, 5.74) is 1.27. The van der Waals surface area contributed by atoms with Gasteiger partial charge in [0.25, 0.3) is 5.91 Å². The monoisotopic (exact) mass is 312 g/mol. The topological polar surface area (TPSA) is 62.0 Å². The first-order valence-electron chi connectivity index (χ1n) is 4.83. The number of H-pyrrole nitrogens is 1. The van der Waals surface area contributed by atoms with E-state index >= 15 is 0 Å². The number of para-hydroxylation sites is 1. The van der Waals surface area contributed by atoms with E-state index in [0.29, 0.717) is 16.3 Å². The Hall–Kier alpha value is -1.40. The van der Waals surface area contributed by atoms with Crippen LogP contribution in [0, 0.1) is 6.92 Å². The van der Waals surface area contributed by atoms with Crippen LogP contribution in [0.4, 0.5) is 5.69 Å². The summed E-state index contributed by atoms with van der Waals surface area (Å²) in [7, 11) is 0. The quantitative estimate of drug-likeness (QED) is 0.895. The summed E-state index contributed by atoms with van der Waals surface area (Å²) < 4.78 is 0.800. The highest BCUT2D eigenvalue weighted by molar-refractivity contribution is 9.10. The Kier molecular flexibility index (Phi) is 3.44. The lowest BCUT2D eigenvalue weighted by Gasteiger charge is -2.05. The molecule has 6 heteroatoms. The van der Waals surface area contributed by atoms with Gasteiger partial charge in [-0.2, -0.15) is 0 Å². The van der Waals surface area contributed by atoms with Crippen LogP contribution in [0.2, 0.25) is 0 Å². The highest BCUT2D eigenvalue weighted by Crippen LogP contribution is 2.22. The fourth-order valence-electron chi connectivity index (χ4n) is 1.36. The zero-order valence-corrected chi connectivity index (χ0v) is 11.3. The van der Waals surface area contributed by atoms with Crippen molar-refractivity contribution in [3.63, 3.8) is 0 Å². The molecule has 2 aromatic rings. The maximum atomic E-state index is 11.9. The van der Waals surface area contributed by atoms with Crippen molar-refractivity contribution in [2.24, 2.45) is 0 Å². The van der Waals surface area contributed by atoms with E-state index in [9.17, 15) is 9.59 Å². The molecule has 0 saturated carbocycles. The number of nitrogens with one attached hydrogen (secondary N) is 2. The summed E-state index contributed by atoms with van der Waals surface area (Å²) in [4.78, 5) is 25.8. The molecule has 0 aliphatic rings. The van der Waals surface area contributed by atoms with Crippen LogP contribution < -0.4 is 10.2 Å². The SMILES string of the molecule is Cc1[nH]c(=O)sc1C(=O)Nc1ccccc1Br. The fourth-order valence-corrected chi connectivity index (χ4v) is 2.48. The number of anilines is 1. The van der Waals surface area contributed by atoms with Gasteiger partial charge >= 0.3 is 4.87 Å². The van der Waals surface area contributed by atoms with Crippen molar-refractivity contribution in [1.29, 1.82) is 0 Å². The van der Waals surface area contributed by atoms with Crippen molar-refractivity contribution in [2.45, 2.75) is 6.92 Å². The highest BCUT2D eigenvalue weighted by Gasteiger charge is 2.14. The number of hydrogen-bond acceptors (Lipinski definition) is 3. The summed E-state index contributed by atoms with van der Waals surface area (Å²) in [6.07, 6.45) is 0. The number of carbonyl (C=O) groups is 1. The zero-order valence-electron chi connectivity index (χ0n) is 8.91. The van der Waals surface area contributed by atoms with Gasteiger partial charge < -0.3 is 10.3 Å². The maximum Gasteiger partial charge on any atom is 0.305 e. The number of aromatic nitrogens is 1. The van der Waals surface area contributed by atoms with E-state index in [1.807, 2.05) is 18.2 Å². The van der Waals surface area contributed by atoms with Gasteiger partial charge in [0.1, 0.15) is 4.88 Å². The van der Waals surface area contributed by atoms with Crippen molar-refractivity contribution in [3.8, 4) is 0 Å². The van der Waals surface area contributed by atoms with E-state index in [1.165, 1.54) is 0 Å². The van der Waals surface area contributed by atoms with Crippen LogP contribution in [0.15, 0.2) is 33.5 Å². The van der Waals surface area contributed by atoms with Crippen LogP contribution in [0.3, 0.4) is 0 Å². The van der Waals surface area contributed by atoms with Crippen LogP contribution in [-0.2, 0) is 0 Å². The third-order valence-corrected chi connectivity index (χ3v) is 3.83. The second-order valence-corrected chi connectivity index (χ2v) is 5.24. The zero-order chi connectivity index (χ0) is 12.4. The Bertz CT molecular complexity index is 618. The Morgan fingerprint density at radius 1 is 1.41 bits per heavy atom. The standard InChI is InChI=1S/C11H9BrN2O2S/c1-6-9(17-11(16)13-6)10(15)14-8-5-3-2-4-7(8)12/h2-5H,1H3,(H,13,16)(H,14,15). The van der Waals surface area contributed by atoms with Crippen LogP contribution in [0.5, 0.6) is 0 Å². The summed E-state index contributed by atoms with van der Waals surface area (Å²) >= 11 is 4.25. The second kappa shape index (κ2) is 4.85. The number of amides is 1. The number of halogens is 1. The molecule has 0 saturated heterocycles. The molecule has 0 aliphatic carbocycles. The van der Waals surface area contributed by atoms with E-state index < -0.39 is 0 Å².